The number of hydrogen-bond donors (Lipinski definition) is 0. The van der Waals surface area contributed by atoms with Crippen molar-refractivity contribution in [2.75, 3.05) is 51.8 Å². The lowest BCUT2D eigenvalue weighted by Gasteiger charge is -2.41. The monoisotopic (exact) mass is 549 g/mol. The van der Waals surface area contributed by atoms with Crippen molar-refractivity contribution >= 4 is 11.7 Å². The van der Waals surface area contributed by atoms with E-state index >= 15 is 0 Å². The summed E-state index contributed by atoms with van der Waals surface area (Å²) in [5.41, 5.74) is 2.30. The Morgan fingerprint density at radius 2 is 2.10 bits per heavy atom. The number of anilines is 1. The predicted molar refractivity (Wildman–Crippen MR) is 147 cm³/mol. The zero-order valence-corrected chi connectivity index (χ0v) is 23.2. The third-order valence-electron chi connectivity index (χ3n) is 8.13. The molecule has 1 amide bonds. The Hall–Kier alpha value is -3.75. The second-order valence-corrected chi connectivity index (χ2v) is 10.6. The van der Waals surface area contributed by atoms with Crippen LogP contribution in [0.2, 0.25) is 0 Å². The number of likely N-dealkylation sites (tertiary alicyclic amines) is 1. The van der Waals surface area contributed by atoms with Gasteiger partial charge in [0.2, 0.25) is 5.91 Å². The molecule has 0 aliphatic carbocycles. The smallest absolute Gasteiger partial charge is 0.318 e. The van der Waals surface area contributed by atoms with Gasteiger partial charge >= 0.3 is 6.01 Å². The van der Waals surface area contributed by atoms with Crippen molar-refractivity contribution in [2.45, 2.75) is 51.0 Å². The summed E-state index contributed by atoms with van der Waals surface area (Å²) in [7, 11) is 3.64. The third-order valence-corrected chi connectivity index (χ3v) is 8.13. The molecule has 0 bridgehead atoms. The molecule has 11 heteroatoms. The molecule has 0 radical (unpaired) electrons. The van der Waals surface area contributed by atoms with Crippen LogP contribution in [-0.2, 0) is 24.4 Å². The molecule has 0 spiro atoms. The van der Waals surface area contributed by atoms with Gasteiger partial charge in [-0.3, -0.25) is 9.69 Å². The van der Waals surface area contributed by atoms with Gasteiger partial charge in [0.15, 0.2) is 0 Å². The van der Waals surface area contributed by atoms with Gasteiger partial charge in [0.25, 0.3) is 0 Å². The Labute approximate surface area is 234 Å². The minimum atomic E-state index is -0.311. The molecule has 10 nitrogen and oxygen atoms in total. The largest absolute Gasteiger partial charge is 0.496 e. The fourth-order valence-electron chi connectivity index (χ4n) is 5.92. The molecule has 212 valence electrons. The predicted octanol–water partition coefficient (Wildman–Crippen LogP) is 2.73. The van der Waals surface area contributed by atoms with Crippen LogP contribution in [0.3, 0.4) is 0 Å². The maximum Gasteiger partial charge on any atom is 0.318 e. The quantitative estimate of drug-likeness (QED) is 0.437. The summed E-state index contributed by atoms with van der Waals surface area (Å²) in [5, 5.41) is 9.45. The lowest BCUT2D eigenvalue weighted by atomic mass is 10.1. The molecule has 2 unspecified atom stereocenters. The van der Waals surface area contributed by atoms with E-state index in [-0.39, 0.29) is 24.2 Å². The van der Waals surface area contributed by atoms with Gasteiger partial charge in [-0.2, -0.15) is 15.2 Å². The van der Waals surface area contributed by atoms with Crippen LogP contribution in [0, 0.1) is 17.1 Å². The first-order chi connectivity index (χ1) is 19.4. The van der Waals surface area contributed by atoms with Gasteiger partial charge in [0.05, 0.1) is 31.3 Å². The minimum absolute atomic E-state index is 0.178. The van der Waals surface area contributed by atoms with Crippen LogP contribution in [0.25, 0.3) is 0 Å². The van der Waals surface area contributed by atoms with Crippen molar-refractivity contribution in [3.63, 3.8) is 0 Å². The molecule has 3 aliphatic rings. The molecule has 4 heterocycles. The summed E-state index contributed by atoms with van der Waals surface area (Å²) < 4.78 is 26.3. The minimum Gasteiger partial charge on any atom is -0.496 e. The summed E-state index contributed by atoms with van der Waals surface area (Å²) in [6.07, 6.45) is 3.72. The van der Waals surface area contributed by atoms with E-state index in [2.05, 4.69) is 34.4 Å². The molecule has 0 N–H and O–H groups in total. The second-order valence-electron chi connectivity index (χ2n) is 10.6. The van der Waals surface area contributed by atoms with Gasteiger partial charge in [-0.05, 0) is 44.6 Å². The van der Waals surface area contributed by atoms with E-state index in [1.807, 2.05) is 0 Å². The average molecular weight is 550 g/mol. The highest BCUT2D eigenvalue weighted by Crippen LogP contribution is 2.35. The van der Waals surface area contributed by atoms with Crippen LogP contribution in [0.15, 0.2) is 30.9 Å². The fourth-order valence-corrected chi connectivity index (χ4v) is 5.92. The van der Waals surface area contributed by atoms with Crippen molar-refractivity contribution in [3.05, 3.63) is 53.5 Å². The number of nitrogens with zero attached hydrogens (tertiary/aromatic N) is 7. The summed E-state index contributed by atoms with van der Waals surface area (Å²) in [4.78, 5) is 30.3. The third kappa shape index (κ3) is 5.74. The number of amides is 1. The van der Waals surface area contributed by atoms with Crippen molar-refractivity contribution in [3.8, 4) is 17.8 Å². The number of fused-ring (bicyclic) bond motifs is 1. The lowest BCUT2D eigenvalue weighted by Crippen LogP contribution is -2.55. The zero-order valence-electron chi connectivity index (χ0n) is 23.2. The number of nitriles is 1. The van der Waals surface area contributed by atoms with E-state index in [0.29, 0.717) is 69.2 Å². The number of methoxy groups -OCH3 is 1. The normalized spacial score (nSPS) is 21.2. The van der Waals surface area contributed by atoms with Crippen LogP contribution >= 0.6 is 0 Å². The first-order valence-corrected chi connectivity index (χ1v) is 13.7. The van der Waals surface area contributed by atoms with Gasteiger partial charge in [-0.15, -0.1) is 0 Å². The molecule has 2 aromatic rings. The van der Waals surface area contributed by atoms with Crippen LogP contribution in [0.5, 0.6) is 11.8 Å². The molecule has 2 fully saturated rings. The van der Waals surface area contributed by atoms with Crippen molar-refractivity contribution in [2.24, 2.45) is 0 Å². The van der Waals surface area contributed by atoms with E-state index in [9.17, 15) is 14.4 Å². The number of carbonyl (C=O) groups is 1. The van der Waals surface area contributed by atoms with Crippen LogP contribution < -0.4 is 14.4 Å². The lowest BCUT2D eigenvalue weighted by molar-refractivity contribution is -0.128. The van der Waals surface area contributed by atoms with Crippen molar-refractivity contribution in [1.29, 1.82) is 5.26 Å². The van der Waals surface area contributed by atoms with Crippen molar-refractivity contribution < 1.29 is 18.7 Å². The summed E-state index contributed by atoms with van der Waals surface area (Å²) in [6, 6.07) is 7.41. The van der Waals surface area contributed by atoms with Gasteiger partial charge in [-0.1, -0.05) is 12.6 Å². The Kier molecular flexibility index (Phi) is 8.47. The SMILES string of the molecule is C=CC(=O)N1CCN(c2nc(OCC3CCCN3C)nc3c2CN(Cc2c(F)cccc2OC)C3)CC1CC#N. The molecule has 2 saturated heterocycles. The van der Waals surface area contributed by atoms with E-state index in [1.165, 1.54) is 12.1 Å². The Balaban J connectivity index is 1.42. The number of carbonyl (C=O) groups excluding carboxylic acids is 1. The number of aromatic nitrogens is 2. The first kappa shape index (κ1) is 27.8. The average Bonchev–Trinajstić information content (AvgIpc) is 3.57. The number of halogens is 1. The highest BCUT2D eigenvalue weighted by molar-refractivity contribution is 5.87. The second kappa shape index (κ2) is 12.2. The van der Waals surface area contributed by atoms with Crippen LogP contribution in [-0.4, -0.2) is 89.6 Å². The number of ether oxygens (including phenoxy) is 2. The topological polar surface area (TPSA) is 98.1 Å². The molecular weight excluding hydrogens is 513 g/mol. The van der Waals surface area contributed by atoms with E-state index in [4.69, 9.17) is 19.4 Å². The summed E-state index contributed by atoms with van der Waals surface area (Å²) >= 11 is 0. The maximum atomic E-state index is 14.7. The zero-order chi connectivity index (χ0) is 28.2. The molecule has 5 rings (SSSR count). The van der Waals surface area contributed by atoms with Crippen molar-refractivity contribution in [1.82, 2.24) is 24.7 Å². The van der Waals surface area contributed by atoms with Gasteiger partial charge < -0.3 is 24.2 Å². The summed E-state index contributed by atoms with van der Waals surface area (Å²) in [5.74, 6) is 0.766. The number of piperazine rings is 1. The number of likely N-dealkylation sites (N-methyl/N-ethyl adjacent to an activating group) is 1. The van der Waals surface area contributed by atoms with Gasteiger partial charge in [0, 0.05) is 56.4 Å². The summed E-state index contributed by atoms with van der Waals surface area (Å²) in [6.45, 7) is 8.03. The Morgan fingerprint density at radius 3 is 2.83 bits per heavy atom. The van der Waals surface area contributed by atoms with Crippen LogP contribution in [0.1, 0.15) is 36.1 Å². The van der Waals surface area contributed by atoms with Gasteiger partial charge in [0.1, 0.15) is 24.0 Å². The highest BCUT2D eigenvalue weighted by Gasteiger charge is 2.35. The first-order valence-electron chi connectivity index (χ1n) is 13.7. The van der Waals surface area contributed by atoms with E-state index in [0.717, 1.165) is 36.5 Å². The van der Waals surface area contributed by atoms with E-state index < -0.39 is 0 Å². The standard InChI is InChI=1S/C29H36FN7O3/c1-4-27(38)37-14-13-36(15-20(37)10-11-31)28-23-17-35(16-22-24(30)8-5-9-26(22)39-3)18-25(23)32-29(33-28)40-19-21-7-6-12-34(21)2/h4-5,8-9,20-21H,1,6-7,10,12-19H2,2-3H3. The molecule has 3 aliphatic heterocycles. The number of rotatable bonds is 9. The molecule has 0 saturated carbocycles. The van der Waals surface area contributed by atoms with Gasteiger partial charge in [-0.25, -0.2) is 4.39 Å². The Morgan fingerprint density at radius 1 is 1.25 bits per heavy atom. The molecule has 40 heavy (non-hydrogen) atoms. The van der Waals surface area contributed by atoms with Crippen LogP contribution in [0.4, 0.5) is 10.2 Å². The number of hydrogen-bond acceptors (Lipinski definition) is 9. The van der Waals surface area contributed by atoms with E-state index in [1.54, 1.807) is 24.1 Å². The fraction of sp³-hybridized carbons (Fsp3) is 0.517. The molecule has 1 aromatic carbocycles. The molecule has 2 atom stereocenters. The maximum absolute atomic E-state index is 14.7. The molecule has 1 aromatic heterocycles. The Bertz CT molecular complexity index is 1300. The highest BCUT2D eigenvalue weighted by atomic mass is 19.1. The molecular formula is C29H36FN7O3. The number of benzene rings is 1.